The van der Waals surface area contributed by atoms with E-state index in [1.54, 1.807) is 22.2 Å². The number of nitrogens with zero attached hydrogens (tertiary/aromatic N) is 9. The fourth-order valence-electron chi connectivity index (χ4n) is 10.4. The monoisotopic (exact) mass is 1150 g/mol. The number of ketones is 2. The predicted octanol–water partition coefficient (Wildman–Crippen LogP) is 9.46. The van der Waals surface area contributed by atoms with E-state index >= 15 is 0 Å². The van der Waals surface area contributed by atoms with Gasteiger partial charge in [0.25, 0.3) is 0 Å². The number of carbonyl (C=O) groups is 6. The van der Waals surface area contributed by atoms with E-state index in [1.807, 2.05) is 39.5 Å². The highest BCUT2D eigenvalue weighted by Gasteiger charge is 2.38. The summed E-state index contributed by atoms with van der Waals surface area (Å²) >= 11 is 0. The van der Waals surface area contributed by atoms with Crippen molar-refractivity contribution in [3.05, 3.63) is 92.2 Å². The number of amides is 3. The molecule has 10 rings (SSSR count). The first kappa shape index (κ1) is 63.7. The number of likely N-dealkylation sites (tertiary alicyclic amines) is 3. The molecule has 6 aromatic rings. The molecule has 22 nitrogen and oxygen atoms in total. The lowest BCUT2D eigenvalue weighted by atomic mass is 9.99. The zero-order valence-electron chi connectivity index (χ0n) is 46.8. The molecule has 0 aromatic carbocycles. The van der Waals surface area contributed by atoms with Gasteiger partial charge in [0.2, 0.25) is 23.5 Å². The maximum absolute atomic E-state index is 13.5. The van der Waals surface area contributed by atoms with Gasteiger partial charge < -0.3 is 50.3 Å². The Balaban J connectivity index is 0.000000198. The molecule has 0 unspecified atom stereocenters. The summed E-state index contributed by atoms with van der Waals surface area (Å²) in [4.78, 5) is 113. The summed E-state index contributed by atoms with van der Waals surface area (Å²) in [6.07, 6.45) is 19.8. The standard InChI is InChI=1S/C20H27N5O3.C19H23N5O2.C18H21F2N5O2.2CH4/c1-6-15(26)25-10-13(8-7-12(25)2)24-18-16-14(19(27)28-20(3,4)5)9-21-17(16)22-11-23-18;1-3-15(25)24-9-13(7-4-11(24)2)23-19-16-14(17(26)12-5-6-12)8-20-18(16)21-10-22-19;1-4-13(26)25-8-11(6-5-10(25)2)24-17-14-12(15(27)18(3,19)20)7-21-16(14)22-9-23-17;;/h6,9,11-13H,1,7-8,10H2,2-5H3,(H2,21,22,23,24);3,8,10-13H,1,4-7,9H2,2H3,(H2,20,21,22,23);4,7,9-11H,1,5-6,8H2,2-3H3,(H2,21,22,23,24);2*1H4/t12-,13+;11-,13+;10-,11+;;/m000../s1. The fourth-order valence-corrected chi connectivity index (χ4v) is 10.4. The molecule has 24 heteroatoms. The molecule has 446 valence electrons. The number of esters is 1. The molecular formula is C59H79F2N15O7. The number of Topliss-reactive ketones (excluding diaryl/α,β-unsaturated/α-hetero) is 2. The van der Waals surface area contributed by atoms with Crippen LogP contribution in [0, 0.1) is 5.92 Å². The zero-order valence-corrected chi connectivity index (χ0v) is 46.8. The van der Waals surface area contributed by atoms with Gasteiger partial charge in [0, 0.05) is 92.9 Å². The SMILES string of the molecule is C.C.C=CC(=O)N1C[C@H](Nc2ncnc3[nH]cc(C(=O)C(C)(F)F)c23)CC[C@@H]1C.C=CC(=O)N1C[C@H](Nc2ncnc3[nH]cc(C(=O)C4CC4)c23)CC[C@@H]1C.C=CC(=O)N1C[C@H](Nc2ncnc3[nH]cc(C(=O)OC(C)(C)C)c23)CC[C@@H]1C. The number of piperidine rings is 3. The number of aromatic nitrogens is 9. The van der Waals surface area contributed by atoms with Gasteiger partial charge in [0.1, 0.15) is 59.0 Å². The van der Waals surface area contributed by atoms with Crippen LogP contribution >= 0.6 is 0 Å². The molecule has 3 amide bonds. The Labute approximate surface area is 482 Å². The summed E-state index contributed by atoms with van der Waals surface area (Å²) in [7, 11) is 0. The van der Waals surface area contributed by atoms with E-state index in [0.717, 1.165) is 56.8 Å². The van der Waals surface area contributed by atoms with Gasteiger partial charge in [0.15, 0.2) is 5.78 Å². The molecule has 1 saturated carbocycles. The lowest BCUT2D eigenvalue weighted by Gasteiger charge is -2.38. The number of ether oxygens (including phenoxy) is 1. The first-order chi connectivity index (χ1) is 38.5. The Morgan fingerprint density at radius 2 is 0.880 bits per heavy atom. The van der Waals surface area contributed by atoms with Crippen molar-refractivity contribution < 1.29 is 42.3 Å². The van der Waals surface area contributed by atoms with Crippen LogP contribution in [0.2, 0.25) is 0 Å². The van der Waals surface area contributed by atoms with E-state index in [2.05, 4.69) is 87.5 Å². The number of rotatable bonds is 14. The Morgan fingerprint density at radius 3 is 1.22 bits per heavy atom. The third-order valence-corrected chi connectivity index (χ3v) is 14.9. The summed E-state index contributed by atoms with van der Waals surface area (Å²) in [6.45, 7) is 24.3. The Morgan fingerprint density at radius 1 is 0.542 bits per heavy atom. The molecule has 3 aliphatic heterocycles. The van der Waals surface area contributed by atoms with Crippen molar-refractivity contribution in [3.8, 4) is 0 Å². The molecular weight excluding hydrogens is 1070 g/mol. The van der Waals surface area contributed by atoms with E-state index < -0.39 is 23.3 Å². The van der Waals surface area contributed by atoms with Gasteiger partial charge in [-0.15, -0.1) is 0 Å². The van der Waals surface area contributed by atoms with Gasteiger partial charge in [-0.05, 0) is 111 Å². The second-order valence-electron chi connectivity index (χ2n) is 22.2. The summed E-state index contributed by atoms with van der Waals surface area (Å²) in [5.41, 5.74) is 1.79. The topological polar surface area (TPSA) is 282 Å². The first-order valence-corrected chi connectivity index (χ1v) is 27.2. The van der Waals surface area contributed by atoms with Crippen LogP contribution in [0.5, 0.6) is 0 Å². The number of halogens is 2. The van der Waals surface area contributed by atoms with Crippen LogP contribution in [-0.4, -0.2) is 162 Å². The van der Waals surface area contributed by atoms with Gasteiger partial charge in [-0.25, -0.2) is 34.7 Å². The maximum atomic E-state index is 13.5. The van der Waals surface area contributed by atoms with Crippen LogP contribution in [0.3, 0.4) is 0 Å². The summed E-state index contributed by atoms with van der Waals surface area (Å²) in [5, 5.41) is 11.6. The number of alkyl halides is 2. The molecule has 9 heterocycles. The highest BCUT2D eigenvalue weighted by atomic mass is 19.3. The van der Waals surface area contributed by atoms with Gasteiger partial charge in [-0.3, -0.25) is 24.0 Å². The van der Waals surface area contributed by atoms with Crippen LogP contribution < -0.4 is 16.0 Å². The smallest absolute Gasteiger partial charge is 0.341 e. The van der Waals surface area contributed by atoms with Crippen LogP contribution in [0.15, 0.2) is 75.5 Å². The number of carbonyl (C=O) groups excluding carboxylic acids is 6. The summed E-state index contributed by atoms with van der Waals surface area (Å²) < 4.78 is 32.6. The van der Waals surface area contributed by atoms with E-state index in [1.165, 1.54) is 43.4 Å². The van der Waals surface area contributed by atoms with Crippen molar-refractivity contribution in [3.63, 3.8) is 0 Å². The van der Waals surface area contributed by atoms with Gasteiger partial charge in [0.05, 0.1) is 27.3 Å². The summed E-state index contributed by atoms with van der Waals surface area (Å²) in [5.74, 6) is -3.73. The number of anilines is 3. The van der Waals surface area contributed by atoms with Crippen molar-refractivity contribution in [1.29, 1.82) is 0 Å². The van der Waals surface area contributed by atoms with Crippen molar-refractivity contribution in [2.24, 2.45) is 5.92 Å². The van der Waals surface area contributed by atoms with Crippen LogP contribution in [0.25, 0.3) is 33.1 Å². The normalized spacial score (nSPS) is 20.7. The quantitative estimate of drug-likeness (QED) is 0.0336. The van der Waals surface area contributed by atoms with Gasteiger partial charge >= 0.3 is 11.9 Å². The number of H-pyrrole nitrogens is 3. The molecule has 3 saturated heterocycles. The van der Waals surface area contributed by atoms with Crippen molar-refractivity contribution in [1.82, 2.24) is 59.6 Å². The Hall–Kier alpha value is -8.44. The average molecular weight is 1150 g/mol. The number of aromatic amines is 3. The van der Waals surface area contributed by atoms with Crippen molar-refractivity contribution in [2.45, 2.75) is 162 Å². The minimum Gasteiger partial charge on any atom is -0.456 e. The largest absolute Gasteiger partial charge is 0.456 e. The predicted molar refractivity (Wildman–Crippen MR) is 316 cm³/mol. The molecule has 0 bridgehead atoms. The third kappa shape index (κ3) is 14.8. The first-order valence-electron chi connectivity index (χ1n) is 27.2. The Bertz CT molecular complexity index is 3360. The number of fused-ring (bicyclic) bond motifs is 3. The maximum Gasteiger partial charge on any atom is 0.341 e. The molecule has 83 heavy (non-hydrogen) atoms. The third-order valence-electron chi connectivity index (χ3n) is 14.9. The molecule has 6 aromatic heterocycles. The number of hydrogen-bond acceptors (Lipinski definition) is 16. The average Bonchev–Trinajstić information content (AvgIpc) is 3.06. The van der Waals surface area contributed by atoms with Crippen LogP contribution in [0.1, 0.15) is 146 Å². The van der Waals surface area contributed by atoms with E-state index in [4.69, 9.17) is 4.74 Å². The number of nitrogens with one attached hydrogen (secondary N) is 6. The lowest BCUT2D eigenvalue weighted by Crippen LogP contribution is -2.49. The molecule has 0 spiro atoms. The van der Waals surface area contributed by atoms with Crippen LogP contribution in [-0.2, 0) is 19.1 Å². The van der Waals surface area contributed by atoms with E-state index in [0.29, 0.717) is 77.5 Å². The Kier molecular flexibility index (Phi) is 20.5. The molecule has 1 aliphatic carbocycles. The fraction of sp³-hybridized carbons (Fsp3) is 0.492. The van der Waals surface area contributed by atoms with Gasteiger partial charge in [-0.2, -0.15) is 8.78 Å². The molecule has 4 aliphatic rings. The number of hydrogen-bond donors (Lipinski definition) is 6. The second kappa shape index (κ2) is 26.6. The molecule has 4 fully saturated rings. The minimum absolute atomic E-state index is 0. The van der Waals surface area contributed by atoms with Crippen LogP contribution in [0.4, 0.5) is 26.2 Å². The van der Waals surface area contributed by atoms with Crippen molar-refractivity contribution >= 4 is 85.8 Å². The molecule has 6 N–H and O–H groups in total. The minimum atomic E-state index is -3.50. The second-order valence-corrected chi connectivity index (χ2v) is 22.2. The molecule has 6 atom stereocenters. The van der Waals surface area contributed by atoms with E-state index in [9.17, 15) is 37.5 Å². The van der Waals surface area contributed by atoms with Crippen molar-refractivity contribution in [2.75, 3.05) is 35.6 Å². The van der Waals surface area contributed by atoms with Gasteiger partial charge in [-0.1, -0.05) is 34.6 Å². The highest BCUT2D eigenvalue weighted by molar-refractivity contribution is 6.14. The highest BCUT2D eigenvalue weighted by Crippen LogP contribution is 2.37. The summed E-state index contributed by atoms with van der Waals surface area (Å²) in [6, 6.07) is 0.402. The lowest BCUT2D eigenvalue weighted by molar-refractivity contribution is -0.130. The van der Waals surface area contributed by atoms with E-state index in [-0.39, 0.29) is 91.5 Å². The molecule has 0 radical (unpaired) electrons. The zero-order chi connectivity index (χ0) is 58.5.